The number of nitro benzene ring substituents is 1. The van der Waals surface area contributed by atoms with Crippen molar-refractivity contribution < 1.29 is 14.5 Å². The Morgan fingerprint density at radius 1 is 1.27 bits per heavy atom. The van der Waals surface area contributed by atoms with Crippen LogP contribution in [-0.4, -0.2) is 69.7 Å². The summed E-state index contributed by atoms with van der Waals surface area (Å²) in [6.07, 6.45) is 6.70. The summed E-state index contributed by atoms with van der Waals surface area (Å²) in [6, 6.07) is 5.98. The van der Waals surface area contributed by atoms with Gasteiger partial charge >= 0.3 is 0 Å². The minimum Gasteiger partial charge on any atom is -0.378 e. The molecule has 12 heteroatoms. The molecule has 0 atom stereocenters. The first-order chi connectivity index (χ1) is 16.0. The Labute approximate surface area is 194 Å². The van der Waals surface area contributed by atoms with Crippen LogP contribution in [0.4, 0.5) is 11.5 Å². The number of hydrogen-bond donors (Lipinski definition) is 1. The number of carbonyl (C=O) groups is 1. The Balaban J connectivity index is 1.39. The zero-order chi connectivity index (χ0) is 23.2. The lowest BCUT2D eigenvalue weighted by atomic mass is 10.2. The van der Waals surface area contributed by atoms with Crippen LogP contribution >= 0.6 is 11.8 Å². The van der Waals surface area contributed by atoms with E-state index in [1.54, 1.807) is 29.1 Å². The van der Waals surface area contributed by atoms with Crippen molar-refractivity contribution in [1.82, 2.24) is 25.1 Å². The van der Waals surface area contributed by atoms with Gasteiger partial charge in [-0.05, 0) is 30.0 Å². The molecule has 0 unspecified atom stereocenters. The molecule has 3 heterocycles. The molecule has 1 aromatic carbocycles. The number of fused-ring (bicyclic) bond motifs is 1. The van der Waals surface area contributed by atoms with Crippen molar-refractivity contribution in [3.63, 3.8) is 0 Å². The first-order valence-corrected chi connectivity index (χ1v) is 11.6. The van der Waals surface area contributed by atoms with Gasteiger partial charge < -0.3 is 15.0 Å². The number of rotatable bonds is 8. The number of morpholine rings is 1. The monoisotopic (exact) mass is 469 g/mol. The second-order valence-corrected chi connectivity index (χ2v) is 7.98. The van der Waals surface area contributed by atoms with E-state index >= 15 is 0 Å². The van der Waals surface area contributed by atoms with Gasteiger partial charge in [-0.3, -0.25) is 14.9 Å². The molecule has 0 aliphatic carbocycles. The van der Waals surface area contributed by atoms with Crippen molar-refractivity contribution in [2.75, 3.05) is 44.0 Å². The molecule has 0 saturated carbocycles. The number of hydrogen-bond acceptors (Lipinski definition) is 9. The van der Waals surface area contributed by atoms with E-state index in [0.717, 1.165) is 29.9 Å². The molecular weight excluding hydrogens is 446 g/mol. The third-order valence-electron chi connectivity index (χ3n) is 5.10. The van der Waals surface area contributed by atoms with Crippen LogP contribution in [0, 0.1) is 10.1 Å². The molecule has 11 nitrogen and oxygen atoms in total. The summed E-state index contributed by atoms with van der Waals surface area (Å²) in [6.45, 7) is 3.67. The summed E-state index contributed by atoms with van der Waals surface area (Å²) in [5.41, 5.74) is 1.44. The summed E-state index contributed by atoms with van der Waals surface area (Å²) in [7, 11) is 0. The van der Waals surface area contributed by atoms with Gasteiger partial charge in [-0.2, -0.15) is 5.10 Å². The van der Waals surface area contributed by atoms with Crippen molar-refractivity contribution >= 4 is 46.3 Å². The van der Waals surface area contributed by atoms with Crippen LogP contribution in [0.2, 0.25) is 0 Å². The van der Waals surface area contributed by atoms with Crippen molar-refractivity contribution in [1.29, 1.82) is 0 Å². The van der Waals surface area contributed by atoms with Crippen molar-refractivity contribution in [2.24, 2.45) is 0 Å². The quantitative estimate of drug-likeness (QED) is 0.173. The van der Waals surface area contributed by atoms with Crippen molar-refractivity contribution in [3.8, 4) is 0 Å². The zero-order valence-electron chi connectivity index (χ0n) is 18.0. The Morgan fingerprint density at radius 2 is 2.03 bits per heavy atom. The molecule has 1 saturated heterocycles. The first kappa shape index (κ1) is 22.7. The highest BCUT2D eigenvalue weighted by molar-refractivity contribution is 7.98. The van der Waals surface area contributed by atoms with Gasteiger partial charge in [0, 0.05) is 37.8 Å². The topological polar surface area (TPSA) is 128 Å². The average Bonchev–Trinajstić information content (AvgIpc) is 3.25. The van der Waals surface area contributed by atoms with Crippen LogP contribution in [0.15, 0.2) is 41.7 Å². The van der Waals surface area contributed by atoms with E-state index < -0.39 is 4.92 Å². The number of nitrogens with zero attached hydrogens (tertiary/aromatic N) is 6. The van der Waals surface area contributed by atoms with Crippen LogP contribution < -0.4 is 10.2 Å². The molecule has 33 heavy (non-hydrogen) atoms. The van der Waals surface area contributed by atoms with E-state index in [4.69, 9.17) is 4.74 Å². The number of carbonyl (C=O) groups excluding carboxylic acids is 1. The highest BCUT2D eigenvalue weighted by atomic mass is 32.2. The number of nitro groups is 1. The Bertz CT molecular complexity index is 1170. The van der Waals surface area contributed by atoms with E-state index in [2.05, 4.69) is 25.3 Å². The molecule has 1 amide bonds. The lowest BCUT2D eigenvalue weighted by molar-refractivity contribution is -0.384. The predicted molar refractivity (Wildman–Crippen MR) is 125 cm³/mol. The van der Waals surface area contributed by atoms with Gasteiger partial charge in [-0.1, -0.05) is 11.8 Å². The number of nitrogens with one attached hydrogen (secondary N) is 1. The van der Waals surface area contributed by atoms with Crippen molar-refractivity contribution in [3.05, 3.63) is 52.2 Å². The fourth-order valence-corrected chi connectivity index (χ4v) is 3.77. The second-order valence-electron chi connectivity index (χ2n) is 7.21. The summed E-state index contributed by atoms with van der Waals surface area (Å²) in [5.74, 6) is 0.590. The molecule has 1 aliphatic rings. The molecule has 1 aliphatic heterocycles. The number of amides is 1. The number of non-ortho nitro benzene ring substituents is 1. The van der Waals surface area contributed by atoms with Gasteiger partial charge in [0.25, 0.3) is 5.69 Å². The Kier molecular flexibility index (Phi) is 7.15. The maximum absolute atomic E-state index is 12.2. The van der Waals surface area contributed by atoms with E-state index in [-0.39, 0.29) is 11.6 Å². The van der Waals surface area contributed by atoms with E-state index in [9.17, 15) is 14.9 Å². The molecule has 172 valence electrons. The fraction of sp³-hybridized carbons (Fsp3) is 0.333. The molecule has 1 N–H and O–H groups in total. The smallest absolute Gasteiger partial charge is 0.269 e. The normalized spacial score (nSPS) is 14.2. The molecule has 3 aromatic rings. The summed E-state index contributed by atoms with van der Waals surface area (Å²) in [5, 5.41) is 19.5. The maximum Gasteiger partial charge on any atom is 0.269 e. The van der Waals surface area contributed by atoms with Crippen LogP contribution in [0.3, 0.4) is 0 Å². The average molecular weight is 470 g/mol. The van der Waals surface area contributed by atoms with Crippen molar-refractivity contribution in [2.45, 2.75) is 11.7 Å². The predicted octanol–water partition coefficient (Wildman–Crippen LogP) is 2.12. The SMILES string of the molecule is CSc1nc(N2CCOCC2)c2cnn(CCNC(=O)C=Cc3ccc([N+](=O)[O-])cc3)c2n1. The molecule has 1 fully saturated rings. The Hall–Kier alpha value is -3.51. The van der Waals surface area contributed by atoms with Crippen LogP contribution in [0.25, 0.3) is 17.1 Å². The Morgan fingerprint density at radius 3 is 2.73 bits per heavy atom. The first-order valence-electron chi connectivity index (χ1n) is 10.4. The van der Waals surface area contributed by atoms with E-state index in [0.29, 0.717) is 37.0 Å². The largest absolute Gasteiger partial charge is 0.378 e. The number of thioether (sulfide) groups is 1. The molecular formula is C21H23N7O4S. The van der Waals surface area contributed by atoms with Crippen LogP contribution in [0.5, 0.6) is 0 Å². The summed E-state index contributed by atoms with van der Waals surface area (Å²) in [4.78, 5) is 33.9. The third-order valence-corrected chi connectivity index (χ3v) is 5.65. The van der Waals surface area contributed by atoms with E-state index in [1.807, 2.05) is 6.26 Å². The van der Waals surface area contributed by atoms with Gasteiger partial charge in [0.2, 0.25) is 5.91 Å². The number of aromatic nitrogens is 4. The summed E-state index contributed by atoms with van der Waals surface area (Å²) >= 11 is 1.47. The fourth-order valence-electron chi connectivity index (χ4n) is 3.42. The number of anilines is 1. The maximum atomic E-state index is 12.2. The summed E-state index contributed by atoms with van der Waals surface area (Å²) < 4.78 is 7.21. The lowest BCUT2D eigenvalue weighted by Crippen LogP contribution is -2.37. The van der Waals surface area contributed by atoms with Gasteiger partial charge in [-0.25, -0.2) is 14.6 Å². The van der Waals surface area contributed by atoms with Gasteiger partial charge in [0.1, 0.15) is 5.82 Å². The third kappa shape index (κ3) is 5.46. The minimum absolute atomic E-state index is 0.00766. The number of ether oxygens (including phenoxy) is 1. The number of benzene rings is 1. The zero-order valence-corrected chi connectivity index (χ0v) is 18.8. The standard InChI is InChI=1S/C21H23N7O4S/c1-33-21-24-19(26-10-12-32-13-11-26)17-14-23-27(20(17)25-21)9-8-22-18(29)7-4-15-2-5-16(6-3-15)28(30)31/h2-7,14H,8-13H2,1H3,(H,22,29). The molecule has 2 aromatic heterocycles. The lowest BCUT2D eigenvalue weighted by Gasteiger charge is -2.28. The highest BCUT2D eigenvalue weighted by Gasteiger charge is 2.19. The molecule has 0 bridgehead atoms. The van der Waals surface area contributed by atoms with E-state index in [1.165, 1.54) is 30.0 Å². The second kappa shape index (κ2) is 10.4. The minimum atomic E-state index is -0.462. The van der Waals surface area contributed by atoms with Crippen LogP contribution in [-0.2, 0) is 16.1 Å². The van der Waals surface area contributed by atoms with Gasteiger partial charge in [0.05, 0.1) is 36.3 Å². The highest BCUT2D eigenvalue weighted by Crippen LogP contribution is 2.27. The van der Waals surface area contributed by atoms with Crippen LogP contribution in [0.1, 0.15) is 5.56 Å². The molecule has 0 radical (unpaired) electrons. The van der Waals surface area contributed by atoms with Gasteiger partial charge in [-0.15, -0.1) is 0 Å². The molecule has 0 spiro atoms. The molecule has 4 rings (SSSR count). The van der Waals surface area contributed by atoms with Gasteiger partial charge in [0.15, 0.2) is 10.8 Å².